The SMILES string of the molecule is CCc1c(C)c(C)c(OC(=O)NC)c2ccccc12. The molecule has 19 heavy (non-hydrogen) atoms. The lowest BCUT2D eigenvalue weighted by atomic mass is 9.93. The summed E-state index contributed by atoms with van der Waals surface area (Å²) < 4.78 is 5.44. The Bertz CT molecular complexity index is 632. The van der Waals surface area contributed by atoms with Crippen molar-refractivity contribution in [2.24, 2.45) is 0 Å². The van der Waals surface area contributed by atoms with Gasteiger partial charge >= 0.3 is 6.09 Å². The molecule has 0 radical (unpaired) electrons. The third-order valence-electron chi connectivity index (χ3n) is 3.61. The van der Waals surface area contributed by atoms with E-state index in [-0.39, 0.29) is 0 Å². The summed E-state index contributed by atoms with van der Waals surface area (Å²) in [6.07, 6.45) is 0.532. The number of hydrogen-bond acceptors (Lipinski definition) is 2. The Labute approximate surface area is 113 Å². The van der Waals surface area contributed by atoms with E-state index in [1.54, 1.807) is 7.05 Å². The van der Waals surface area contributed by atoms with Crippen molar-refractivity contribution in [3.8, 4) is 5.75 Å². The minimum atomic E-state index is -0.433. The molecule has 1 N–H and O–H groups in total. The molecule has 2 rings (SSSR count). The van der Waals surface area contributed by atoms with Crippen molar-refractivity contribution in [1.29, 1.82) is 0 Å². The van der Waals surface area contributed by atoms with E-state index in [1.165, 1.54) is 11.1 Å². The number of benzene rings is 2. The van der Waals surface area contributed by atoms with Gasteiger partial charge in [0.1, 0.15) is 5.75 Å². The number of aryl methyl sites for hydroxylation is 1. The van der Waals surface area contributed by atoms with Crippen molar-refractivity contribution < 1.29 is 9.53 Å². The quantitative estimate of drug-likeness (QED) is 0.890. The van der Waals surface area contributed by atoms with Gasteiger partial charge in [-0.2, -0.15) is 0 Å². The maximum absolute atomic E-state index is 11.5. The maximum Gasteiger partial charge on any atom is 0.412 e. The van der Waals surface area contributed by atoms with E-state index < -0.39 is 6.09 Å². The topological polar surface area (TPSA) is 38.3 Å². The zero-order valence-electron chi connectivity index (χ0n) is 11.8. The number of rotatable bonds is 2. The number of ether oxygens (including phenoxy) is 1. The molecule has 0 heterocycles. The van der Waals surface area contributed by atoms with Gasteiger partial charge in [0.25, 0.3) is 0 Å². The molecular formula is C16H19NO2. The summed E-state index contributed by atoms with van der Waals surface area (Å²) in [5, 5.41) is 4.64. The predicted octanol–water partition coefficient (Wildman–Crippen LogP) is 3.74. The largest absolute Gasteiger partial charge is 0.412 e. The average molecular weight is 257 g/mol. The molecule has 0 fully saturated rings. The first kappa shape index (κ1) is 13.4. The summed E-state index contributed by atoms with van der Waals surface area (Å²) in [6, 6.07) is 8.06. The highest BCUT2D eigenvalue weighted by molar-refractivity contribution is 5.95. The van der Waals surface area contributed by atoms with Crippen LogP contribution in [0.1, 0.15) is 23.6 Å². The van der Waals surface area contributed by atoms with Crippen molar-refractivity contribution >= 4 is 16.9 Å². The Morgan fingerprint density at radius 2 is 1.79 bits per heavy atom. The molecule has 0 aliphatic carbocycles. The molecule has 100 valence electrons. The molecule has 0 aliphatic rings. The second-order valence-corrected chi connectivity index (χ2v) is 4.60. The molecule has 1 amide bonds. The molecule has 2 aromatic carbocycles. The van der Waals surface area contributed by atoms with Crippen molar-refractivity contribution in [3.63, 3.8) is 0 Å². The third kappa shape index (κ3) is 2.28. The number of fused-ring (bicyclic) bond motifs is 1. The molecule has 3 heteroatoms. The molecule has 0 saturated heterocycles. The first-order valence-corrected chi connectivity index (χ1v) is 6.50. The van der Waals surface area contributed by atoms with Crippen molar-refractivity contribution in [3.05, 3.63) is 41.0 Å². The highest BCUT2D eigenvalue weighted by atomic mass is 16.6. The van der Waals surface area contributed by atoms with E-state index in [9.17, 15) is 4.79 Å². The molecule has 2 aromatic rings. The summed E-state index contributed by atoms with van der Waals surface area (Å²) in [7, 11) is 1.56. The van der Waals surface area contributed by atoms with E-state index in [0.717, 1.165) is 22.8 Å². The Kier molecular flexibility index (Phi) is 3.74. The molecule has 0 bridgehead atoms. The Hall–Kier alpha value is -2.03. The van der Waals surface area contributed by atoms with Gasteiger partial charge in [0.05, 0.1) is 0 Å². The Morgan fingerprint density at radius 1 is 1.16 bits per heavy atom. The van der Waals surface area contributed by atoms with E-state index in [1.807, 2.05) is 25.1 Å². The Balaban J connectivity index is 2.76. The average Bonchev–Trinajstić information content (AvgIpc) is 2.44. The van der Waals surface area contributed by atoms with Crippen molar-refractivity contribution in [2.75, 3.05) is 7.05 Å². The van der Waals surface area contributed by atoms with Crippen LogP contribution in [0.4, 0.5) is 4.79 Å². The van der Waals surface area contributed by atoms with Gasteiger partial charge in [-0.05, 0) is 42.3 Å². The number of nitrogens with one attached hydrogen (secondary N) is 1. The van der Waals surface area contributed by atoms with Crippen LogP contribution in [0.25, 0.3) is 10.8 Å². The van der Waals surface area contributed by atoms with Gasteiger partial charge < -0.3 is 10.1 Å². The number of carbonyl (C=O) groups is 1. The van der Waals surface area contributed by atoms with Gasteiger partial charge in [0.15, 0.2) is 0 Å². The smallest absolute Gasteiger partial charge is 0.409 e. The van der Waals surface area contributed by atoms with Crippen LogP contribution in [0.5, 0.6) is 5.75 Å². The lowest BCUT2D eigenvalue weighted by molar-refractivity contribution is 0.203. The summed E-state index contributed by atoms with van der Waals surface area (Å²) >= 11 is 0. The zero-order valence-corrected chi connectivity index (χ0v) is 11.8. The minimum absolute atomic E-state index is 0.433. The number of hydrogen-bond donors (Lipinski definition) is 1. The second-order valence-electron chi connectivity index (χ2n) is 4.60. The highest BCUT2D eigenvalue weighted by Crippen LogP contribution is 2.35. The number of carbonyl (C=O) groups excluding carboxylic acids is 1. The van der Waals surface area contributed by atoms with Crippen LogP contribution in [0.3, 0.4) is 0 Å². The molecule has 0 unspecified atom stereocenters. The van der Waals surface area contributed by atoms with Gasteiger partial charge in [-0.1, -0.05) is 31.2 Å². The standard InChI is InChI=1S/C16H19NO2/c1-5-12-10(2)11(3)15(19-16(18)17-4)14-9-7-6-8-13(12)14/h6-9H,5H2,1-4H3,(H,17,18). The molecular weight excluding hydrogens is 238 g/mol. The highest BCUT2D eigenvalue weighted by Gasteiger charge is 2.15. The van der Waals surface area contributed by atoms with Crippen LogP contribution >= 0.6 is 0 Å². The number of amides is 1. The summed E-state index contributed by atoms with van der Waals surface area (Å²) in [5.74, 6) is 0.657. The summed E-state index contributed by atoms with van der Waals surface area (Å²) in [5.41, 5.74) is 3.54. The van der Waals surface area contributed by atoms with Crippen LogP contribution < -0.4 is 10.1 Å². The zero-order chi connectivity index (χ0) is 14.0. The van der Waals surface area contributed by atoms with Crippen LogP contribution in [-0.4, -0.2) is 13.1 Å². The fourth-order valence-electron chi connectivity index (χ4n) is 2.48. The van der Waals surface area contributed by atoms with Gasteiger partial charge in [0.2, 0.25) is 0 Å². The van der Waals surface area contributed by atoms with Crippen molar-refractivity contribution in [1.82, 2.24) is 5.32 Å². The molecule has 0 saturated carbocycles. The van der Waals surface area contributed by atoms with Crippen molar-refractivity contribution in [2.45, 2.75) is 27.2 Å². The lowest BCUT2D eigenvalue weighted by Crippen LogP contribution is -2.22. The molecule has 0 aliphatic heterocycles. The maximum atomic E-state index is 11.5. The lowest BCUT2D eigenvalue weighted by Gasteiger charge is -2.17. The van der Waals surface area contributed by atoms with Crippen LogP contribution in [0.2, 0.25) is 0 Å². The Morgan fingerprint density at radius 3 is 2.37 bits per heavy atom. The normalized spacial score (nSPS) is 10.5. The van der Waals surface area contributed by atoms with E-state index >= 15 is 0 Å². The molecule has 0 aromatic heterocycles. The second kappa shape index (κ2) is 5.31. The third-order valence-corrected chi connectivity index (χ3v) is 3.61. The first-order valence-electron chi connectivity index (χ1n) is 6.50. The van der Waals surface area contributed by atoms with Gasteiger partial charge in [-0.15, -0.1) is 0 Å². The fraction of sp³-hybridized carbons (Fsp3) is 0.312. The van der Waals surface area contributed by atoms with E-state index in [0.29, 0.717) is 5.75 Å². The van der Waals surface area contributed by atoms with Crippen LogP contribution in [0, 0.1) is 13.8 Å². The molecule has 0 spiro atoms. The minimum Gasteiger partial charge on any atom is -0.409 e. The van der Waals surface area contributed by atoms with Gasteiger partial charge in [-0.3, -0.25) is 0 Å². The molecule has 0 atom stereocenters. The van der Waals surface area contributed by atoms with Crippen LogP contribution in [-0.2, 0) is 6.42 Å². The monoisotopic (exact) mass is 257 g/mol. The van der Waals surface area contributed by atoms with E-state index in [4.69, 9.17) is 4.74 Å². The summed E-state index contributed by atoms with van der Waals surface area (Å²) in [6.45, 7) is 6.23. The van der Waals surface area contributed by atoms with Gasteiger partial charge in [-0.25, -0.2) is 4.79 Å². The fourth-order valence-corrected chi connectivity index (χ4v) is 2.48. The predicted molar refractivity (Wildman–Crippen MR) is 77.9 cm³/mol. The van der Waals surface area contributed by atoms with Crippen LogP contribution in [0.15, 0.2) is 24.3 Å². The first-order chi connectivity index (χ1) is 9.10. The molecule has 3 nitrogen and oxygen atoms in total. The van der Waals surface area contributed by atoms with E-state index in [2.05, 4.69) is 25.2 Å². The van der Waals surface area contributed by atoms with Gasteiger partial charge in [0, 0.05) is 12.4 Å². The summed E-state index contributed by atoms with van der Waals surface area (Å²) in [4.78, 5) is 11.5.